The quantitative estimate of drug-likeness (QED) is 0.0972. The summed E-state index contributed by atoms with van der Waals surface area (Å²) < 4.78 is 91.7. The maximum Gasteiger partial charge on any atom is 1.00 e. The molecule has 0 fully saturated rings. The van der Waals surface area contributed by atoms with Crippen molar-refractivity contribution in [3.63, 3.8) is 0 Å². The van der Waals surface area contributed by atoms with Crippen molar-refractivity contribution in [3.8, 4) is 0 Å². The first kappa shape index (κ1) is 33.7. The number of benzene rings is 1. The maximum absolute atomic E-state index is 11.8. The van der Waals surface area contributed by atoms with E-state index in [0.29, 0.717) is 0 Å². The number of halogens is 1. The first-order valence-electron chi connectivity index (χ1n) is 8.23. The van der Waals surface area contributed by atoms with E-state index in [2.05, 4.69) is 29.8 Å². The molecule has 0 spiro atoms. The van der Waals surface area contributed by atoms with Gasteiger partial charge in [-0.05, 0) is 29.8 Å². The van der Waals surface area contributed by atoms with Crippen LogP contribution in [0.5, 0.6) is 0 Å². The van der Waals surface area contributed by atoms with Crippen molar-refractivity contribution in [1.82, 2.24) is 15.0 Å². The number of nitrogens with zero attached hydrogens (tertiary/aromatic N) is 3. The maximum atomic E-state index is 11.8. The summed E-state index contributed by atoms with van der Waals surface area (Å²) in [6.45, 7) is -1.01. The third-order valence-electron chi connectivity index (χ3n) is 3.46. The molecule has 2 aromatic rings. The second-order valence-corrected chi connectivity index (χ2v) is 10.9. The van der Waals surface area contributed by atoms with Crippen LogP contribution in [0, 0.1) is 0 Å². The number of hydrogen-bond acceptors (Lipinski definition) is 15. The molecule has 0 saturated carbocycles. The molecule has 1 heterocycles. The fourth-order valence-electron chi connectivity index (χ4n) is 2.15. The summed E-state index contributed by atoms with van der Waals surface area (Å²) in [5, 5.41) is 4.98. The molecule has 1 aromatic carbocycles. The van der Waals surface area contributed by atoms with E-state index < -0.39 is 53.4 Å². The van der Waals surface area contributed by atoms with E-state index in [9.17, 15) is 34.4 Å². The molecule has 0 bridgehead atoms. The summed E-state index contributed by atoms with van der Waals surface area (Å²) in [6, 6.07) is 3.39. The molecule has 0 saturated heterocycles. The molecule has 0 radical (unpaired) electrons. The minimum atomic E-state index is -4.99. The average Bonchev–Trinajstić information content (AvgIpc) is 2.58. The van der Waals surface area contributed by atoms with Gasteiger partial charge in [-0.2, -0.15) is 15.0 Å². The Balaban J connectivity index is 0.00000544. The number of anilines is 4. The molecule has 178 valence electrons. The number of nitrogen functional groups attached to an aromatic ring is 1. The van der Waals surface area contributed by atoms with Gasteiger partial charge < -0.3 is 25.5 Å². The van der Waals surface area contributed by atoms with Gasteiger partial charge in [-0.25, -0.2) is 25.3 Å². The Morgan fingerprint density at radius 2 is 1.59 bits per heavy atom. The Morgan fingerprint density at radius 3 is 2.15 bits per heavy atom. The zero-order valence-electron chi connectivity index (χ0n) is 17.8. The van der Waals surface area contributed by atoms with Gasteiger partial charge in [0.1, 0.15) is 10.1 Å². The van der Waals surface area contributed by atoms with Crippen molar-refractivity contribution in [1.29, 1.82) is 0 Å². The molecular formula is C13H15ClN6Na2O9S3. The van der Waals surface area contributed by atoms with Gasteiger partial charge in [0.25, 0.3) is 0 Å². The minimum absolute atomic E-state index is 0. The molecule has 4 N–H and O–H groups in total. The van der Waals surface area contributed by atoms with Crippen LogP contribution in [0.4, 0.5) is 23.3 Å². The molecule has 21 heteroatoms. The molecule has 0 aliphatic heterocycles. The van der Waals surface area contributed by atoms with Crippen molar-refractivity contribution in [2.75, 3.05) is 41.0 Å². The van der Waals surface area contributed by atoms with E-state index in [-0.39, 0.29) is 94.2 Å². The van der Waals surface area contributed by atoms with Gasteiger partial charge in [-0.15, -0.1) is 0 Å². The normalized spacial score (nSPS) is 11.7. The van der Waals surface area contributed by atoms with Crippen molar-refractivity contribution in [3.05, 3.63) is 23.5 Å². The SMILES string of the molecule is Nc1cc(Nc2nc(Cl)nc(NCCS(=O)(=O)CCOS(=O)(=O)[O-])n2)ccc1S(=O)(=O)[O-].[Na+].[Na+]. The van der Waals surface area contributed by atoms with Crippen LogP contribution in [0.2, 0.25) is 5.28 Å². The standard InChI is InChI=1S/C13H17ClN6O9S3.2Na/c14-11-18-12(16-3-5-30(21,22)6-4-29-32(26,27)28)20-13(19-11)17-8-1-2-10(9(15)7-8)31(23,24)25;;/h1-2,7H,3-6,15H2,(H,23,24,25)(H,26,27,28)(H2,16,17,18,19,20);;/q;2*+1/p-2. The summed E-state index contributed by atoms with van der Waals surface area (Å²) in [5.41, 5.74) is 5.48. The Hall–Kier alpha value is -0.350. The molecule has 0 unspecified atom stereocenters. The van der Waals surface area contributed by atoms with Gasteiger partial charge in [0.05, 0.1) is 28.7 Å². The van der Waals surface area contributed by atoms with Gasteiger partial charge in [-0.1, -0.05) is 0 Å². The monoisotopic (exact) mass is 576 g/mol. The van der Waals surface area contributed by atoms with Crippen LogP contribution in [-0.2, 0) is 34.5 Å². The molecule has 0 amide bonds. The van der Waals surface area contributed by atoms with Gasteiger partial charge in [-0.3, -0.25) is 4.18 Å². The molecule has 0 atom stereocenters. The van der Waals surface area contributed by atoms with Crippen molar-refractivity contribution < 1.29 is 97.7 Å². The molecule has 15 nitrogen and oxygen atoms in total. The smallest absolute Gasteiger partial charge is 0.744 e. The number of sulfone groups is 1. The Labute approximate surface area is 244 Å². The predicted molar refractivity (Wildman–Crippen MR) is 110 cm³/mol. The average molecular weight is 577 g/mol. The first-order valence-corrected chi connectivity index (χ1v) is 13.2. The summed E-state index contributed by atoms with van der Waals surface area (Å²) in [7, 11) is -13.5. The molecule has 1 aromatic heterocycles. The summed E-state index contributed by atoms with van der Waals surface area (Å²) in [6.07, 6.45) is 0. The second-order valence-electron chi connectivity index (χ2n) is 5.89. The van der Waals surface area contributed by atoms with E-state index in [1.807, 2.05) is 0 Å². The Bertz CT molecular complexity index is 1310. The van der Waals surface area contributed by atoms with Crippen LogP contribution in [0.3, 0.4) is 0 Å². The van der Waals surface area contributed by atoms with E-state index in [4.69, 9.17) is 17.3 Å². The first-order chi connectivity index (χ1) is 14.6. The van der Waals surface area contributed by atoms with Crippen LogP contribution in [0.15, 0.2) is 23.1 Å². The van der Waals surface area contributed by atoms with Crippen molar-refractivity contribution in [2.24, 2.45) is 0 Å². The van der Waals surface area contributed by atoms with Crippen LogP contribution >= 0.6 is 11.6 Å². The molecule has 0 aliphatic rings. The Morgan fingerprint density at radius 1 is 0.971 bits per heavy atom. The van der Waals surface area contributed by atoms with Crippen molar-refractivity contribution in [2.45, 2.75) is 4.90 Å². The predicted octanol–water partition coefficient (Wildman–Crippen LogP) is -6.93. The van der Waals surface area contributed by atoms with E-state index in [1.165, 1.54) is 6.07 Å². The fraction of sp³-hybridized carbons (Fsp3) is 0.308. The van der Waals surface area contributed by atoms with Crippen LogP contribution in [-0.4, -0.2) is 74.0 Å². The van der Waals surface area contributed by atoms with E-state index in [1.54, 1.807) is 0 Å². The topological polar surface area (TPSA) is 247 Å². The Kier molecular flexibility index (Phi) is 13.7. The molecule has 34 heavy (non-hydrogen) atoms. The zero-order valence-corrected chi connectivity index (χ0v) is 25.0. The van der Waals surface area contributed by atoms with E-state index >= 15 is 0 Å². The zero-order chi connectivity index (χ0) is 24.2. The molecule has 2 rings (SSSR count). The third-order valence-corrected chi connectivity index (χ3v) is 6.61. The second kappa shape index (κ2) is 13.8. The number of nitrogens with one attached hydrogen (secondary N) is 2. The third kappa shape index (κ3) is 12.1. The number of aromatic nitrogens is 3. The minimum Gasteiger partial charge on any atom is -0.744 e. The van der Waals surface area contributed by atoms with E-state index in [0.717, 1.165) is 12.1 Å². The summed E-state index contributed by atoms with van der Waals surface area (Å²) in [5.74, 6) is -1.39. The number of nitrogens with two attached hydrogens (primary N) is 1. The number of hydrogen-bond donors (Lipinski definition) is 3. The van der Waals surface area contributed by atoms with Gasteiger partial charge in [0.2, 0.25) is 27.6 Å². The van der Waals surface area contributed by atoms with Crippen LogP contribution < -0.4 is 75.5 Å². The van der Waals surface area contributed by atoms with Crippen molar-refractivity contribution >= 4 is 65.2 Å². The number of rotatable bonds is 11. The molecular weight excluding hydrogens is 562 g/mol. The van der Waals surface area contributed by atoms with Gasteiger partial charge in [0, 0.05) is 12.2 Å². The fourth-order valence-corrected chi connectivity index (χ4v) is 4.24. The molecule has 0 aliphatic carbocycles. The van der Waals surface area contributed by atoms with Gasteiger partial charge >= 0.3 is 59.1 Å². The summed E-state index contributed by atoms with van der Waals surface area (Å²) in [4.78, 5) is 10.9. The largest absolute Gasteiger partial charge is 1.00 e. The van der Waals surface area contributed by atoms with Gasteiger partial charge in [0.15, 0.2) is 9.84 Å². The van der Waals surface area contributed by atoms with Crippen LogP contribution in [0.25, 0.3) is 0 Å². The van der Waals surface area contributed by atoms with Crippen LogP contribution in [0.1, 0.15) is 0 Å². The summed E-state index contributed by atoms with van der Waals surface area (Å²) >= 11 is 5.80.